The van der Waals surface area contributed by atoms with E-state index in [-0.39, 0.29) is 0 Å². The highest BCUT2D eigenvalue weighted by Crippen LogP contribution is 2.26. The van der Waals surface area contributed by atoms with Crippen LogP contribution in [-0.2, 0) is 0 Å². The predicted molar refractivity (Wildman–Crippen MR) is 69.9 cm³/mol. The number of halogens is 2. The molecule has 0 radical (unpaired) electrons. The normalized spacial score (nSPS) is 12.1. The average Bonchev–Trinajstić information content (AvgIpc) is 2.18. The van der Waals surface area contributed by atoms with Gasteiger partial charge in [0.05, 0.1) is 6.10 Å². The van der Waals surface area contributed by atoms with Crippen molar-refractivity contribution in [1.82, 2.24) is 0 Å². The van der Waals surface area contributed by atoms with Crippen LogP contribution >= 0.6 is 38.5 Å². The van der Waals surface area contributed by atoms with Crippen LogP contribution in [0.1, 0.15) is 24.5 Å². The fraction of sp³-hybridized carbons (Fsp3) is 0.273. The molecule has 0 aromatic heterocycles. The number of hydrogen-bond donors (Lipinski definition) is 1. The van der Waals surface area contributed by atoms with Gasteiger partial charge in [-0.3, -0.25) is 0 Å². The van der Waals surface area contributed by atoms with Crippen molar-refractivity contribution in [3.8, 4) is 12.3 Å². The molecule has 0 heterocycles. The summed E-state index contributed by atoms with van der Waals surface area (Å²) in [6.07, 6.45) is 5.90. The van der Waals surface area contributed by atoms with Gasteiger partial charge in [0.25, 0.3) is 0 Å². The number of rotatable bonds is 3. The summed E-state index contributed by atoms with van der Waals surface area (Å²) in [5.74, 6) is 2.53. The highest BCUT2D eigenvalue weighted by Gasteiger charge is 2.10. The molecule has 0 amide bonds. The van der Waals surface area contributed by atoms with E-state index in [1.165, 1.54) is 0 Å². The predicted octanol–water partition coefficient (Wildman–Crippen LogP) is 3.50. The standard InChI is InChI=1S/C11H10BrIO/c1-2-3-4-11(14)9-7-8(12)5-6-10(9)13/h1,5-7,11,14H,3-4H2. The zero-order valence-electron chi connectivity index (χ0n) is 7.50. The van der Waals surface area contributed by atoms with E-state index in [0.29, 0.717) is 12.8 Å². The summed E-state index contributed by atoms with van der Waals surface area (Å²) in [5, 5.41) is 9.84. The summed E-state index contributed by atoms with van der Waals surface area (Å²) in [5.41, 5.74) is 0.940. The van der Waals surface area contributed by atoms with Crippen molar-refractivity contribution < 1.29 is 5.11 Å². The molecule has 0 aliphatic carbocycles. The van der Waals surface area contributed by atoms with E-state index in [2.05, 4.69) is 44.4 Å². The van der Waals surface area contributed by atoms with Crippen LogP contribution in [0.15, 0.2) is 22.7 Å². The van der Waals surface area contributed by atoms with E-state index in [1.54, 1.807) is 0 Å². The third kappa shape index (κ3) is 3.26. The molecule has 0 spiro atoms. The van der Waals surface area contributed by atoms with Gasteiger partial charge in [-0.2, -0.15) is 0 Å². The molecule has 0 saturated carbocycles. The maximum atomic E-state index is 9.84. The lowest BCUT2D eigenvalue weighted by Crippen LogP contribution is -1.99. The Morgan fingerprint density at radius 2 is 2.29 bits per heavy atom. The van der Waals surface area contributed by atoms with Gasteiger partial charge in [0.2, 0.25) is 0 Å². The van der Waals surface area contributed by atoms with Gasteiger partial charge >= 0.3 is 0 Å². The molecule has 0 fully saturated rings. The minimum Gasteiger partial charge on any atom is -0.388 e. The van der Waals surface area contributed by atoms with Crippen molar-refractivity contribution in [2.24, 2.45) is 0 Å². The summed E-state index contributed by atoms with van der Waals surface area (Å²) in [6, 6.07) is 5.86. The van der Waals surface area contributed by atoms with Crippen molar-refractivity contribution in [3.05, 3.63) is 31.8 Å². The Hall–Kier alpha value is -0.0500. The van der Waals surface area contributed by atoms with Crippen LogP contribution in [0.5, 0.6) is 0 Å². The first-order valence-corrected chi connectivity index (χ1v) is 6.09. The minimum absolute atomic E-state index is 0.463. The van der Waals surface area contributed by atoms with Gasteiger partial charge in [-0.05, 0) is 52.8 Å². The maximum Gasteiger partial charge on any atom is 0.0809 e. The summed E-state index contributed by atoms with van der Waals surface area (Å²) in [4.78, 5) is 0. The summed E-state index contributed by atoms with van der Waals surface area (Å²) in [7, 11) is 0. The number of aliphatic hydroxyl groups is 1. The highest BCUT2D eigenvalue weighted by molar-refractivity contribution is 14.1. The Morgan fingerprint density at radius 1 is 1.57 bits per heavy atom. The zero-order valence-corrected chi connectivity index (χ0v) is 11.2. The van der Waals surface area contributed by atoms with Crippen molar-refractivity contribution in [2.75, 3.05) is 0 Å². The molecule has 1 N–H and O–H groups in total. The van der Waals surface area contributed by atoms with Crippen LogP contribution in [-0.4, -0.2) is 5.11 Å². The molecule has 0 saturated heterocycles. The molecule has 1 atom stereocenters. The first-order chi connectivity index (χ1) is 6.65. The molecule has 1 unspecified atom stereocenters. The van der Waals surface area contributed by atoms with Crippen molar-refractivity contribution in [1.29, 1.82) is 0 Å². The summed E-state index contributed by atoms with van der Waals surface area (Å²) >= 11 is 5.59. The quantitative estimate of drug-likeness (QED) is 0.642. The number of terminal acetylenes is 1. The number of benzene rings is 1. The SMILES string of the molecule is C#CCCC(O)c1cc(Br)ccc1I. The second kappa shape index (κ2) is 5.74. The lowest BCUT2D eigenvalue weighted by atomic mass is 10.1. The molecule has 0 aliphatic rings. The Kier molecular flexibility index (Phi) is 4.93. The van der Waals surface area contributed by atoms with Gasteiger partial charge < -0.3 is 5.11 Å². The lowest BCUT2D eigenvalue weighted by molar-refractivity contribution is 0.168. The molecular weight excluding hydrogens is 355 g/mol. The van der Waals surface area contributed by atoms with Gasteiger partial charge in [-0.15, -0.1) is 12.3 Å². The molecule has 1 rings (SSSR count). The second-order valence-corrected chi connectivity index (χ2v) is 5.00. The summed E-state index contributed by atoms with van der Waals surface area (Å²) < 4.78 is 2.04. The molecule has 14 heavy (non-hydrogen) atoms. The van der Waals surface area contributed by atoms with Crippen molar-refractivity contribution in [3.63, 3.8) is 0 Å². The topological polar surface area (TPSA) is 20.2 Å². The zero-order chi connectivity index (χ0) is 10.6. The molecule has 0 bridgehead atoms. The minimum atomic E-state index is -0.463. The Bertz CT molecular complexity index is 357. The third-order valence-corrected chi connectivity index (χ3v) is 3.35. The van der Waals surface area contributed by atoms with Gasteiger partial charge in [0, 0.05) is 14.5 Å². The molecule has 0 aliphatic heterocycles. The number of aliphatic hydroxyl groups excluding tert-OH is 1. The van der Waals surface area contributed by atoms with Crippen LogP contribution < -0.4 is 0 Å². The van der Waals surface area contributed by atoms with Crippen LogP contribution in [0, 0.1) is 15.9 Å². The van der Waals surface area contributed by atoms with Crippen LogP contribution in [0.3, 0.4) is 0 Å². The van der Waals surface area contributed by atoms with Gasteiger partial charge in [0.1, 0.15) is 0 Å². The molecule has 3 heteroatoms. The largest absolute Gasteiger partial charge is 0.388 e. The molecule has 1 aromatic carbocycles. The Morgan fingerprint density at radius 3 is 2.93 bits per heavy atom. The number of hydrogen-bond acceptors (Lipinski definition) is 1. The monoisotopic (exact) mass is 364 g/mol. The molecule has 1 nitrogen and oxygen atoms in total. The average molecular weight is 365 g/mol. The van der Waals surface area contributed by atoms with Crippen LogP contribution in [0.4, 0.5) is 0 Å². The Labute approximate surface area is 106 Å². The first-order valence-electron chi connectivity index (χ1n) is 4.21. The van der Waals surface area contributed by atoms with E-state index in [9.17, 15) is 5.11 Å². The maximum absolute atomic E-state index is 9.84. The fourth-order valence-electron chi connectivity index (χ4n) is 1.15. The smallest absolute Gasteiger partial charge is 0.0809 e. The van der Waals surface area contributed by atoms with Crippen LogP contribution in [0.2, 0.25) is 0 Å². The fourth-order valence-corrected chi connectivity index (χ4v) is 2.22. The van der Waals surface area contributed by atoms with Crippen LogP contribution in [0.25, 0.3) is 0 Å². The lowest BCUT2D eigenvalue weighted by Gasteiger charge is -2.11. The van der Waals surface area contributed by atoms with Crippen molar-refractivity contribution >= 4 is 38.5 Å². The highest BCUT2D eigenvalue weighted by atomic mass is 127. The van der Waals surface area contributed by atoms with E-state index in [4.69, 9.17) is 6.42 Å². The van der Waals surface area contributed by atoms with Crippen molar-refractivity contribution in [2.45, 2.75) is 18.9 Å². The van der Waals surface area contributed by atoms with E-state index >= 15 is 0 Å². The van der Waals surface area contributed by atoms with E-state index < -0.39 is 6.10 Å². The van der Waals surface area contributed by atoms with Gasteiger partial charge in [-0.25, -0.2) is 0 Å². The third-order valence-electron chi connectivity index (χ3n) is 1.88. The Balaban J connectivity index is 2.83. The van der Waals surface area contributed by atoms with E-state index in [0.717, 1.165) is 13.6 Å². The molecular formula is C11H10BrIO. The van der Waals surface area contributed by atoms with Gasteiger partial charge in [0.15, 0.2) is 0 Å². The van der Waals surface area contributed by atoms with E-state index in [1.807, 2.05) is 18.2 Å². The first kappa shape index (κ1) is 12.0. The molecule has 1 aromatic rings. The second-order valence-electron chi connectivity index (χ2n) is 2.92. The van der Waals surface area contributed by atoms with Gasteiger partial charge in [-0.1, -0.05) is 15.9 Å². The summed E-state index contributed by atoms with van der Waals surface area (Å²) in [6.45, 7) is 0. The molecule has 74 valence electrons.